The molecule has 2 amide bonds. The lowest BCUT2D eigenvalue weighted by Crippen LogP contribution is -2.31. The number of hydrogen-bond acceptors (Lipinski definition) is 4. The highest BCUT2D eigenvalue weighted by atomic mass is 16.2. The van der Waals surface area contributed by atoms with Crippen molar-refractivity contribution in [1.29, 1.82) is 0 Å². The SMILES string of the molecule is CCC(=O)N1CCC(Nc2ccnc(C(=O)NCc3ccccc3)c2)C1. The van der Waals surface area contributed by atoms with E-state index >= 15 is 0 Å². The third kappa shape index (κ3) is 4.59. The maximum Gasteiger partial charge on any atom is 0.270 e. The molecule has 6 heteroatoms. The van der Waals surface area contributed by atoms with Gasteiger partial charge in [0.1, 0.15) is 5.69 Å². The minimum absolute atomic E-state index is 0.185. The van der Waals surface area contributed by atoms with Crippen LogP contribution in [0.2, 0.25) is 0 Å². The first-order valence-corrected chi connectivity index (χ1v) is 8.98. The van der Waals surface area contributed by atoms with Crippen LogP contribution in [0.15, 0.2) is 48.7 Å². The van der Waals surface area contributed by atoms with E-state index in [1.165, 1.54) is 0 Å². The topological polar surface area (TPSA) is 74.3 Å². The van der Waals surface area contributed by atoms with Crippen LogP contribution in [0, 0.1) is 0 Å². The van der Waals surface area contributed by atoms with Gasteiger partial charge < -0.3 is 15.5 Å². The van der Waals surface area contributed by atoms with Crippen LogP contribution in [-0.4, -0.2) is 40.8 Å². The van der Waals surface area contributed by atoms with Gasteiger partial charge in [0, 0.05) is 44.0 Å². The Morgan fingerprint density at radius 3 is 2.81 bits per heavy atom. The molecule has 0 spiro atoms. The van der Waals surface area contributed by atoms with Crippen LogP contribution in [-0.2, 0) is 11.3 Å². The summed E-state index contributed by atoms with van der Waals surface area (Å²) in [6, 6.07) is 13.6. The Labute approximate surface area is 153 Å². The molecule has 1 aromatic carbocycles. The second-order valence-electron chi connectivity index (χ2n) is 6.42. The molecular weight excluding hydrogens is 328 g/mol. The van der Waals surface area contributed by atoms with E-state index in [-0.39, 0.29) is 17.9 Å². The molecule has 1 aliphatic heterocycles. The first-order chi connectivity index (χ1) is 12.7. The second-order valence-corrected chi connectivity index (χ2v) is 6.42. The molecule has 1 atom stereocenters. The van der Waals surface area contributed by atoms with Gasteiger partial charge in [0.05, 0.1) is 0 Å². The molecule has 1 saturated heterocycles. The molecule has 0 saturated carbocycles. The van der Waals surface area contributed by atoms with Crippen molar-refractivity contribution in [2.24, 2.45) is 0 Å². The molecule has 6 nitrogen and oxygen atoms in total. The van der Waals surface area contributed by atoms with E-state index in [4.69, 9.17) is 0 Å². The summed E-state index contributed by atoms with van der Waals surface area (Å²) < 4.78 is 0. The minimum Gasteiger partial charge on any atom is -0.380 e. The number of nitrogens with one attached hydrogen (secondary N) is 2. The number of rotatable bonds is 6. The molecule has 3 rings (SSSR count). The highest BCUT2D eigenvalue weighted by Gasteiger charge is 2.25. The first kappa shape index (κ1) is 17.9. The lowest BCUT2D eigenvalue weighted by molar-refractivity contribution is -0.129. The number of anilines is 1. The van der Waals surface area contributed by atoms with Gasteiger partial charge in [-0.25, -0.2) is 0 Å². The van der Waals surface area contributed by atoms with E-state index in [1.807, 2.05) is 48.2 Å². The average molecular weight is 352 g/mol. The van der Waals surface area contributed by atoms with Gasteiger partial charge in [0.15, 0.2) is 0 Å². The molecule has 1 aromatic heterocycles. The fraction of sp³-hybridized carbons (Fsp3) is 0.350. The lowest BCUT2D eigenvalue weighted by atomic mass is 10.2. The van der Waals surface area contributed by atoms with Crippen LogP contribution in [0.3, 0.4) is 0 Å². The highest BCUT2D eigenvalue weighted by molar-refractivity contribution is 5.93. The fourth-order valence-corrected chi connectivity index (χ4v) is 3.08. The Balaban J connectivity index is 1.56. The zero-order valence-corrected chi connectivity index (χ0v) is 14.9. The molecule has 136 valence electrons. The predicted octanol–water partition coefficient (Wildman–Crippen LogP) is 2.43. The van der Waals surface area contributed by atoms with E-state index in [0.29, 0.717) is 25.2 Å². The highest BCUT2D eigenvalue weighted by Crippen LogP contribution is 2.17. The second kappa shape index (κ2) is 8.47. The number of carbonyl (C=O) groups excluding carboxylic acids is 2. The van der Waals surface area contributed by atoms with Gasteiger partial charge >= 0.3 is 0 Å². The number of carbonyl (C=O) groups is 2. The van der Waals surface area contributed by atoms with E-state index in [1.54, 1.807) is 12.3 Å². The number of aromatic nitrogens is 1. The van der Waals surface area contributed by atoms with Gasteiger partial charge in [-0.05, 0) is 24.1 Å². The number of likely N-dealkylation sites (tertiary alicyclic amines) is 1. The Bertz CT molecular complexity index is 763. The lowest BCUT2D eigenvalue weighted by Gasteiger charge is -2.17. The van der Waals surface area contributed by atoms with Crippen molar-refractivity contribution in [3.63, 3.8) is 0 Å². The van der Waals surface area contributed by atoms with Crippen molar-refractivity contribution < 1.29 is 9.59 Å². The van der Waals surface area contributed by atoms with Crippen LogP contribution >= 0.6 is 0 Å². The Morgan fingerprint density at radius 1 is 1.23 bits per heavy atom. The molecular formula is C20H24N4O2. The van der Waals surface area contributed by atoms with Crippen molar-refractivity contribution in [1.82, 2.24) is 15.2 Å². The summed E-state index contributed by atoms with van der Waals surface area (Å²) in [6.45, 7) is 3.83. The summed E-state index contributed by atoms with van der Waals surface area (Å²) in [6.07, 6.45) is 3.07. The average Bonchev–Trinajstić information content (AvgIpc) is 3.15. The molecule has 26 heavy (non-hydrogen) atoms. The molecule has 2 heterocycles. The number of pyridine rings is 1. The molecule has 0 aliphatic carbocycles. The van der Waals surface area contributed by atoms with Crippen LogP contribution < -0.4 is 10.6 Å². The van der Waals surface area contributed by atoms with E-state index in [0.717, 1.165) is 24.2 Å². The summed E-state index contributed by atoms with van der Waals surface area (Å²) in [5.74, 6) is -0.0169. The van der Waals surface area contributed by atoms with Crippen molar-refractivity contribution in [3.05, 3.63) is 59.9 Å². The molecule has 1 fully saturated rings. The van der Waals surface area contributed by atoms with Crippen molar-refractivity contribution in [2.45, 2.75) is 32.4 Å². The maximum absolute atomic E-state index is 12.3. The van der Waals surface area contributed by atoms with Crippen molar-refractivity contribution in [3.8, 4) is 0 Å². The van der Waals surface area contributed by atoms with Crippen LogP contribution in [0.25, 0.3) is 0 Å². The zero-order valence-electron chi connectivity index (χ0n) is 14.9. The van der Waals surface area contributed by atoms with Crippen LogP contribution in [0.1, 0.15) is 35.8 Å². The Kier molecular flexibility index (Phi) is 5.84. The molecule has 2 aromatic rings. The quantitative estimate of drug-likeness (QED) is 0.837. The molecule has 0 bridgehead atoms. The summed E-state index contributed by atoms with van der Waals surface area (Å²) in [7, 11) is 0. The Morgan fingerprint density at radius 2 is 2.04 bits per heavy atom. The fourth-order valence-electron chi connectivity index (χ4n) is 3.08. The third-order valence-corrected chi connectivity index (χ3v) is 4.50. The largest absolute Gasteiger partial charge is 0.380 e. The number of nitrogens with zero attached hydrogens (tertiary/aromatic N) is 2. The van der Waals surface area contributed by atoms with Crippen LogP contribution in [0.4, 0.5) is 5.69 Å². The van der Waals surface area contributed by atoms with Gasteiger partial charge in [0.25, 0.3) is 5.91 Å². The normalized spacial score (nSPS) is 16.3. The monoisotopic (exact) mass is 352 g/mol. The standard InChI is InChI=1S/C20H24N4O2/c1-2-19(25)24-11-9-17(14-24)23-16-8-10-21-18(12-16)20(26)22-13-15-6-4-3-5-7-15/h3-8,10,12,17H,2,9,11,13-14H2,1H3,(H,21,23)(H,22,26). The van der Waals surface area contributed by atoms with Gasteiger partial charge in [-0.2, -0.15) is 0 Å². The minimum atomic E-state index is -0.202. The molecule has 1 aliphatic rings. The summed E-state index contributed by atoms with van der Waals surface area (Å²) in [5.41, 5.74) is 2.27. The van der Waals surface area contributed by atoms with Crippen molar-refractivity contribution in [2.75, 3.05) is 18.4 Å². The van der Waals surface area contributed by atoms with E-state index < -0.39 is 0 Å². The maximum atomic E-state index is 12.3. The first-order valence-electron chi connectivity index (χ1n) is 8.98. The summed E-state index contributed by atoms with van der Waals surface area (Å²) in [5, 5.41) is 6.29. The van der Waals surface area contributed by atoms with Gasteiger partial charge in [0.2, 0.25) is 5.91 Å². The van der Waals surface area contributed by atoms with Crippen molar-refractivity contribution >= 4 is 17.5 Å². The smallest absolute Gasteiger partial charge is 0.270 e. The molecule has 1 unspecified atom stereocenters. The van der Waals surface area contributed by atoms with E-state index in [9.17, 15) is 9.59 Å². The van der Waals surface area contributed by atoms with Gasteiger partial charge in [-0.1, -0.05) is 37.3 Å². The van der Waals surface area contributed by atoms with Gasteiger partial charge in [-0.15, -0.1) is 0 Å². The molecule has 0 radical (unpaired) electrons. The zero-order chi connectivity index (χ0) is 18.4. The Hall–Kier alpha value is -2.89. The number of amides is 2. The van der Waals surface area contributed by atoms with Crippen LogP contribution in [0.5, 0.6) is 0 Å². The number of hydrogen-bond donors (Lipinski definition) is 2. The molecule has 2 N–H and O–H groups in total. The summed E-state index contributed by atoms with van der Waals surface area (Å²) in [4.78, 5) is 30.2. The number of benzene rings is 1. The van der Waals surface area contributed by atoms with E-state index in [2.05, 4.69) is 15.6 Å². The van der Waals surface area contributed by atoms with Gasteiger partial charge in [-0.3, -0.25) is 14.6 Å². The predicted molar refractivity (Wildman–Crippen MR) is 101 cm³/mol. The summed E-state index contributed by atoms with van der Waals surface area (Å²) >= 11 is 0. The third-order valence-electron chi connectivity index (χ3n) is 4.50.